The average Bonchev–Trinajstić information content (AvgIpc) is 0.722. The first-order chi connectivity index (χ1) is 2.00. The van der Waals surface area contributed by atoms with E-state index < -0.39 is 9.05 Å². The minimum Gasteiger partial charge on any atom is -1.00 e. The molecule has 0 radical (unpaired) electrons. The molecule has 52 valence electrons. The van der Waals surface area contributed by atoms with Crippen LogP contribution in [0.25, 0.3) is 0 Å². The molecule has 8 heavy (non-hydrogen) atoms. The molecular weight excluding hydrogens is 188 g/mol. The van der Waals surface area contributed by atoms with Crippen LogP contribution >= 0.6 is 0 Å². The van der Waals surface area contributed by atoms with Gasteiger partial charge in [0.25, 0.3) is 0 Å². The first kappa shape index (κ1) is 22.8. The fourth-order valence-electron chi connectivity index (χ4n) is 0. The molecule has 0 rings (SSSR count). The summed E-state index contributed by atoms with van der Waals surface area (Å²) in [6, 6.07) is 0. The van der Waals surface area contributed by atoms with Gasteiger partial charge < -0.3 is 27.5 Å². The summed E-state index contributed by atoms with van der Waals surface area (Å²) >= 11 is 0. The third kappa shape index (κ3) is 171. The quantitative estimate of drug-likeness (QED) is 0.300. The van der Waals surface area contributed by atoms with Crippen molar-refractivity contribution in [3.8, 4) is 0 Å². The van der Waals surface area contributed by atoms with Gasteiger partial charge in [-0.25, -0.2) is 0 Å². The van der Waals surface area contributed by atoms with Crippen LogP contribution in [0.2, 0.25) is 0 Å². The largest absolute Gasteiger partial charge is 2.00 e. The minimum absolute atomic E-state index is 0. The van der Waals surface area contributed by atoms with Crippen LogP contribution in [0.4, 0.5) is 0 Å². The Morgan fingerprint density at radius 3 is 1.00 bits per heavy atom. The van der Waals surface area contributed by atoms with Gasteiger partial charge in [-0.15, -0.1) is 0 Å². The summed E-state index contributed by atoms with van der Waals surface area (Å²) in [6.45, 7) is 0. The van der Waals surface area contributed by atoms with E-state index in [0.717, 1.165) is 0 Å². The number of hydrogen-bond donors (Lipinski definition) is 4. The molecule has 0 unspecified atom stereocenters. The van der Waals surface area contributed by atoms with Crippen molar-refractivity contribution in [3.05, 3.63) is 0 Å². The molecule has 0 heterocycles. The molecule has 0 saturated carbocycles. The Morgan fingerprint density at radius 1 is 1.00 bits per heavy atom. The zero-order valence-corrected chi connectivity index (χ0v) is 7.37. The molecule has 0 spiro atoms. The third-order valence-electron chi connectivity index (χ3n) is 0. The molecule has 8 heteroatoms. The van der Waals surface area contributed by atoms with Gasteiger partial charge in [-0.1, -0.05) is 0 Å². The Kier molecular flexibility index (Phi) is 23.7. The van der Waals surface area contributed by atoms with Crippen LogP contribution in [0.15, 0.2) is 0 Å². The Balaban J connectivity index is -0.00000000800. The zero-order valence-electron chi connectivity index (χ0n) is 5.85. The van der Waals surface area contributed by atoms with Gasteiger partial charge in [0.1, 0.15) is 0 Å². The van der Waals surface area contributed by atoms with E-state index in [9.17, 15) is 0 Å². The summed E-state index contributed by atoms with van der Waals surface area (Å²) in [5.41, 5.74) is 0. The molecule has 0 bridgehead atoms. The summed E-state index contributed by atoms with van der Waals surface area (Å²) in [6.07, 6.45) is 0. The van der Waals surface area contributed by atoms with Crippen molar-refractivity contribution in [1.29, 1.82) is 0 Å². The van der Waals surface area contributed by atoms with Crippen molar-refractivity contribution in [3.63, 3.8) is 0 Å². The summed E-state index contributed by atoms with van der Waals surface area (Å²) in [4.78, 5) is 29.3. The van der Waals surface area contributed by atoms with Crippen molar-refractivity contribution in [2.24, 2.45) is 0 Å². The molecule has 0 amide bonds. The maximum Gasteiger partial charge on any atom is 2.00 e. The standard InChI is InChI=1S/Fe.Mg.H4O4Si.H2O.2H/c;;1-5(2,3)4;;;/h;;1-4H;1H2;;/q;+2;;;2*-1. The van der Waals surface area contributed by atoms with E-state index in [1.165, 1.54) is 0 Å². The summed E-state index contributed by atoms with van der Waals surface area (Å²) in [5.74, 6) is 0. The van der Waals surface area contributed by atoms with E-state index in [0.29, 0.717) is 0 Å². The van der Waals surface area contributed by atoms with E-state index in [1.807, 2.05) is 0 Å². The molecular formula is H8FeMgO5Si. The molecule has 0 aliphatic carbocycles. The second-order valence-electron chi connectivity index (χ2n) is 0.600. The van der Waals surface area contributed by atoms with Crippen molar-refractivity contribution in [1.82, 2.24) is 0 Å². The second-order valence-corrected chi connectivity index (χ2v) is 1.80. The van der Waals surface area contributed by atoms with Crippen LogP contribution < -0.4 is 0 Å². The van der Waals surface area contributed by atoms with Gasteiger partial charge in [0, 0.05) is 17.1 Å². The topological polar surface area (TPSA) is 112 Å². The van der Waals surface area contributed by atoms with Gasteiger partial charge in [-0.2, -0.15) is 0 Å². The van der Waals surface area contributed by atoms with Crippen molar-refractivity contribution in [2.45, 2.75) is 0 Å². The fourth-order valence-corrected chi connectivity index (χ4v) is 0. The Labute approximate surface area is 76.7 Å². The predicted molar refractivity (Wildman–Crippen MR) is 26.2 cm³/mol. The second kappa shape index (κ2) is 8.30. The summed E-state index contributed by atoms with van der Waals surface area (Å²) < 4.78 is 0. The van der Waals surface area contributed by atoms with Gasteiger partial charge in [0.15, 0.2) is 0 Å². The monoisotopic (exact) mass is 196 g/mol. The number of hydrogen-bond acceptors (Lipinski definition) is 4. The normalized spacial score (nSPS) is 7.50. The first-order valence-corrected chi connectivity index (χ1v) is 2.68. The maximum atomic E-state index is 7.33. The molecule has 0 aromatic carbocycles. The zero-order chi connectivity index (χ0) is 4.50. The van der Waals surface area contributed by atoms with E-state index in [1.54, 1.807) is 0 Å². The molecule has 0 aromatic heterocycles. The van der Waals surface area contributed by atoms with Crippen LogP contribution in [-0.4, -0.2) is 56.8 Å². The van der Waals surface area contributed by atoms with Gasteiger partial charge >= 0.3 is 32.1 Å². The van der Waals surface area contributed by atoms with Crippen LogP contribution in [0.5, 0.6) is 0 Å². The molecule has 0 aliphatic rings. The van der Waals surface area contributed by atoms with Crippen molar-refractivity contribution >= 4 is 32.1 Å². The van der Waals surface area contributed by atoms with Gasteiger partial charge in [0.2, 0.25) is 0 Å². The van der Waals surface area contributed by atoms with Gasteiger partial charge in [0.05, 0.1) is 0 Å². The molecule has 0 fully saturated rings. The van der Waals surface area contributed by atoms with Crippen molar-refractivity contribution < 1.29 is 44.6 Å². The van der Waals surface area contributed by atoms with E-state index >= 15 is 0 Å². The Morgan fingerprint density at radius 2 is 1.00 bits per heavy atom. The number of rotatable bonds is 0. The van der Waals surface area contributed by atoms with Crippen LogP contribution in [-0.2, 0) is 17.1 Å². The van der Waals surface area contributed by atoms with Crippen LogP contribution in [0, 0.1) is 0 Å². The molecule has 0 aromatic rings. The smallest absolute Gasteiger partial charge is 1.00 e. The minimum atomic E-state index is -4.61. The molecule has 6 N–H and O–H groups in total. The summed E-state index contributed by atoms with van der Waals surface area (Å²) in [7, 11) is -4.61. The SMILES string of the molecule is O.O[Si](O)(O)O.[Fe].[H-].[H-].[Mg+2]. The van der Waals surface area contributed by atoms with Crippen LogP contribution in [0.1, 0.15) is 2.85 Å². The fraction of sp³-hybridized carbons (Fsp3) is 0. The summed E-state index contributed by atoms with van der Waals surface area (Å²) in [5, 5.41) is 0. The van der Waals surface area contributed by atoms with Gasteiger partial charge in [-0.05, 0) is 0 Å². The van der Waals surface area contributed by atoms with E-state index in [2.05, 4.69) is 0 Å². The molecule has 0 aliphatic heterocycles. The van der Waals surface area contributed by atoms with Crippen molar-refractivity contribution in [2.75, 3.05) is 0 Å². The molecule has 0 saturated heterocycles. The Bertz CT molecular complexity index is 35.1. The maximum absolute atomic E-state index is 7.33. The predicted octanol–water partition coefficient (Wildman–Crippen LogP) is -3.59. The van der Waals surface area contributed by atoms with E-state index in [4.69, 9.17) is 19.2 Å². The third-order valence-corrected chi connectivity index (χ3v) is 0. The molecule has 0 atom stereocenters. The van der Waals surface area contributed by atoms with E-state index in [-0.39, 0.29) is 48.5 Å². The first-order valence-electron chi connectivity index (χ1n) is 0.894. The Hall–Kier alpha value is 1.30. The van der Waals surface area contributed by atoms with Gasteiger partial charge in [-0.3, -0.25) is 0 Å². The molecule has 5 nitrogen and oxygen atoms in total. The average molecular weight is 196 g/mol. The van der Waals surface area contributed by atoms with Crippen LogP contribution in [0.3, 0.4) is 0 Å².